The fourth-order valence-corrected chi connectivity index (χ4v) is 10.8. The van der Waals surface area contributed by atoms with Gasteiger partial charge in [-0.1, -0.05) is 45.2 Å². The molecule has 0 aromatic rings. The highest BCUT2D eigenvalue weighted by Crippen LogP contribution is 2.18. The number of rotatable bonds is 3. The van der Waals surface area contributed by atoms with Crippen molar-refractivity contribution in [1.82, 2.24) is 4.23 Å². The second-order valence-electron chi connectivity index (χ2n) is 5.53. The van der Waals surface area contributed by atoms with E-state index in [1.165, 1.54) is 0 Å². The molecule has 0 heterocycles. The molecule has 1 N–H and O–H groups in total. The Kier molecular flexibility index (Phi) is 4.78. The third-order valence-electron chi connectivity index (χ3n) is 2.05. The molecule has 0 aromatic carbocycles. The quantitative estimate of drug-likeness (QED) is 0.609. The highest BCUT2D eigenvalue weighted by molar-refractivity contribution is 6.89. The van der Waals surface area contributed by atoms with Gasteiger partial charge in [0.1, 0.15) is 16.5 Å². The topological polar surface area (TPSA) is 40.5 Å². The smallest absolute Gasteiger partial charge is 0.381 e. The first-order chi connectivity index (χ1) is 6.55. The lowest BCUT2D eigenvalue weighted by atomic mass is 10.6. The number of carboxylic acids is 1. The van der Waals surface area contributed by atoms with E-state index in [2.05, 4.69) is 55.4 Å². The molecule has 0 aromatic heterocycles. The van der Waals surface area contributed by atoms with Gasteiger partial charge in [-0.05, 0) is 0 Å². The first kappa shape index (κ1) is 14.4. The van der Waals surface area contributed by atoms with Crippen molar-refractivity contribution in [3.63, 3.8) is 0 Å². The fourth-order valence-electron chi connectivity index (χ4n) is 1.67. The van der Waals surface area contributed by atoms with E-state index in [1.54, 1.807) is 0 Å². The van der Waals surface area contributed by atoms with Crippen LogP contribution in [0.15, 0.2) is 0 Å². The number of hydrogen-bond donors (Lipinski definition) is 1. The molecule has 5 heteroatoms. The summed E-state index contributed by atoms with van der Waals surface area (Å²) in [6.45, 7) is 14.2. The minimum atomic E-state index is -1.39. The summed E-state index contributed by atoms with van der Waals surface area (Å²) in [6, 6.07) is 0. The molecule has 86 valence electrons. The Morgan fingerprint density at radius 3 is 1.80 bits per heavy atom. The highest BCUT2D eigenvalue weighted by Gasteiger charge is 2.33. The van der Waals surface area contributed by atoms with E-state index in [0.717, 1.165) is 0 Å². The van der Waals surface area contributed by atoms with Gasteiger partial charge in [-0.2, -0.15) is 0 Å². The normalized spacial score (nSPS) is 12.2. The number of carboxylic acid groups (broad SMARTS) is 1. The van der Waals surface area contributed by atoms with Crippen LogP contribution in [0.4, 0.5) is 0 Å². The summed E-state index contributed by atoms with van der Waals surface area (Å²) in [4.78, 5) is 10.3. The number of hydrogen-bond acceptors (Lipinski definition) is 2. The molecule has 0 atom stereocenters. The zero-order valence-corrected chi connectivity index (χ0v) is 12.5. The van der Waals surface area contributed by atoms with Crippen LogP contribution in [-0.4, -0.2) is 38.3 Å². The number of carbonyl (C=O) groups is 1. The highest BCUT2D eigenvalue weighted by atomic mass is 28.4. The summed E-state index contributed by atoms with van der Waals surface area (Å²) in [7, 11) is -2.79. The molecule has 0 bridgehead atoms. The van der Waals surface area contributed by atoms with Crippen molar-refractivity contribution in [1.29, 1.82) is 0 Å². The maximum atomic E-state index is 10.3. The van der Waals surface area contributed by atoms with Crippen LogP contribution in [0.3, 0.4) is 0 Å². The van der Waals surface area contributed by atoms with E-state index < -0.39 is 22.4 Å². The minimum absolute atomic E-state index is 0.595. The average molecular weight is 243 g/mol. The Balaban J connectivity index is 4.72. The molecule has 3 nitrogen and oxygen atoms in total. The minimum Gasteiger partial charge on any atom is -0.472 e. The Labute approximate surface area is 94.7 Å². The lowest BCUT2D eigenvalue weighted by molar-refractivity contribution is -0.130. The molecule has 0 aliphatic heterocycles. The van der Waals surface area contributed by atoms with Crippen molar-refractivity contribution >= 4 is 22.4 Å². The molecule has 0 unspecified atom stereocenters. The summed E-state index contributed by atoms with van der Waals surface area (Å²) in [5, 5.41) is 8.46. The first-order valence-electron chi connectivity index (χ1n) is 5.04. The molecule has 0 radical (unpaired) electrons. The van der Waals surface area contributed by atoms with Gasteiger partial charge >= 0.3 is 5.97 Å². The fraction of sp³-hybridized carbons (Fsp3) is 0.700. The maximum Gasteiger partial charge on any atom is 0.381 e. The predicted octanol–water partition coefficient (Wildman–Crippen LogP) is 2.05. The van der Waals surface area contributed by atoms with Gasteiger partial charge < -0.3 is 9.34 Å². The molecular weight excluding hydrogens is 222 g/mol. The molecule has 0 aliphatic rings. The van der Waals surface area contributed by atoms with E-state index >= 15 is 0 Å². The van der Waals surface area contributed by atoms with Crippen molar-refractivity contribution in [2.45, 2.75) is 39.3 Å². The second kappa shape index (κ2) is 4.97. The predicted molar refractivity (Wildman–Crippen MR) is 68.8 cm³/mol. The maximum absolute atomic E-state index is 10.3. The van der Waals surface area contributed by atoms with Crippen LogP contribution < -0.4 is 0 Å². The van der Waals surface area contributed by atoms with E-state index in [0.29, 0.717) is 6.54 Å². The first-order valence-corrected chi connectivity index (χ1v) is 11.9. The van der Waals surface area contributed by atoms with Crippen LogP contribution in [-0.2, 0) is 4.79 Å². The summed E-state index contributed by atoms with van der Waals surface area (Å²) in [5.41, 5.74) is 0. The molecule has 0 fully saturated rings. The van der Waals surface area contributed by atoms with Crippen molar-refractivity contribution in [2.24, 2.45) is 0 Å². The molecule has 0 amide bonds. The van der Waals surface area contributed by atoms with Gasteiger partial charge in [0.25, 0.3) is 0 Å². The lowest BCUT2D eigenvalue weighted by Gasteiger charge is -2.42. The largest absolute Gasteiger partial charge is 0.472 e. The van der Waals surface area contributed by atoms with Gasteiger partial charge in [0.05, 0.1) is 0 Å². The average Bonchev–Trinajstić information content (AvgIpc) is 1.92. The molecule has 0 saturated heterocycles. The lowest BCUT2D eigenvalue weighted by Crippen LogP contribution is -2.59. The third-order valence-corrected chi connectivity index (χ3v) is 9.63. The molecule has 0 saturated carbocycles. The van der Waals surface area contributed by atoms with Crippen LogP contribution in [0.1, 0.15) is 0 Å². The second-order valence-corrected chi connectivity index (χ2v) is 15.7. The molecule has 0 rings (SSSR count). The van der Waals surface area contributed by atoms with E-state index in [-0.39, 0.29) is 0 Å². The zero-order valence-electron chi connectivity index (χ0n) is 10.5. The van der Waals surface area contributed by atoms with Crippen molar-refractivity contribution in [3.05, 3.63) is 0 Å². The molecule has 0 spiro atoms. The van der Waals surface area contributed by atoms with Crippen LogP contribution in [0, 0.1) is 11.8 Å². The van der Waals surface area contributed by atoms with Gasteiger partial charge in [-0.3, -0.25) is 0 Å². The molecular formula is C10H21NO2Si2. The van der Waals surface area contributed by atoms with Gasteiger partial charge in [0.15, 0.2) is 0 Å². The van der Waals surface area contributed by atoms with Gasteiger partial charge in [0, 0.05) is 12.5 Å². The zero-order chi connectivity index (χ0) is 12.3. The Morgan fingerprint density at radius 2 is 1.53 bits per heavy atom. The van der Waals surface area contributed by atoms with E-state index in [9.17, 15) is 4.79 Å². The van der Waals surface area contributed by atoms with Gasteiger partial charge in [-0.25, -0.2) is 4.79 Å². The van der Waals surface area contributed by atoms with Crippen molar-refractivity contribution in [3.8, 4) is 11.8 Å². The Hall–Kier alpha value is -0.576. The van der Waals surface area contributed by atoms with Crippen LogP contribution in [0.5, 0.6) is 0 Å². The molecule has 0 aliphatic carbocycles. The Bertz CT molecular complexity index is 277. The summed E-state index contributed by atoms with van der Waals surface area (Å²) in [6.07, 6.45) is 0. The van der Waals surface area contributed by atoms with E-state index in [1.807, 2.05) is 0 Å². The van der Waals surface area contributed by atoms with Crippen LogP contribution in [0.2, 0.25) is 39.3 Å². The van der Waals surface area contributed by atoms with Gasteiger partial charge in [-0.15, -0.1) is 0 Å². The molecule has 15 heavy (non-hydrogen) atoms. The Morgan fingerprint density at radius 1 is 1.13 bits per heavy atom. The summed E-state index contributed by atoms with van der Waals surface area (Å²) < 4.78 is 2.45. The standard InChI is InChI=1S/C10H21NO2Si2/c1-14(2,3)11(15(4,5)6)9-7-8-10(12)13/h9H2,1-6H3,(H,12,13). The SMILES string of the molecule is C[Si](C)(C)N(CC#CC(=O)O)[Si](C)(C)C. The third kappa shape index (κ3) is 5.77. The number of nitrogens with zero attached hydrogens (tertiary/aromatic N) is 1. The van der Waals surface area contributed by atoms with E-state index in [4.69, 9.17) is 5.11 Å². The van der Waals surface area contributed by atoms with Crippen molar-refractivity contribution < 1.29 is 9.90 Å². The summed E-state index contributed by atoms with van der Waals surface area (Å²) >= 11 is 0. The monoisotopic (exact) mass is 243 g/mol. The van der Waals surface area contributed by atoms with Crippen molar-refractivity contribution in [2.75, 3.05) is 6.54 Å². The van der Waals surface area contributed by atoms with Gasteiger partial charge in [0.2, 0.25) is 0 Å². The number of aliphatic carboxylic acids is 1. The summed E-state index contributed by atoms with van der Waals surface area (Å²) in [5.74, 6) is 3.89. The van der Waals surface area contributed by atoms with Crippen LogP contribution >= 0.6 is 0 Å². The van der Waals surface area contributed by atoms with Crippen LogP contribution in [0.25, 0.3) is 0 Å².